The lowest BCUT2D eigenvalue weighted by Crippen LogP contribution is -2.28. The van der Waals surface area contributed by atoms with Gasteiger partial charge in [0.25, 0.3) is 5.91 Å². The minimum absolute atomic E-state index is 0.171. The monoisotopic (exact) mass is 450 g/mol. The number of fused-ring (bicyclic) bond motifs is 1. The summed E-state index contributed by atoms with van der Waals surface area (Å²) in [7, 11) is 4.60. The van der Waals surface area contributed by atoms with Gasteiger partial charge in [0.05, 0.1) is 32.4 Å². The van der Waals surface area contributed by atoms with Crippen molar-refractivity contribution in [1.82, 2.24) is 10.3 Å². The third-order valence-corrected chi connectivity index (χ3v) is 5.55. The smallest absolute Gasteiger partial charge is 0.339 e. The highest BCUT2D eigenvalue weighted by Crippen LogP contribution is 2.40. The molecule has 33 heavy (non-hydrogen) atoms. The number of carbonyl (C=O) groups is 2. The molecule has 1 heterocycles. The summed E-state index contributed by atoms with van der Waals surface area (Å²) in [6.45, 7) is -0.228. The number of para-hydroxylation sites is 1. The Hall–Kier alpha value is -3.81. The van der Waals surface area contributed by atoms with Crippen LogP contribution in [0.5, 0.6) is 17.2 Å². The third-order valence-electron chi connectivity index (χ3n) is 5.55. The number of ether oxygens (including phenoxy) is 4. The molecule has 1 aliphatic rings. The largest absolute Gasteiger partial charge is 0.496 e. The summed E-state index contributed by atoms with van der Waals surface area (Å²) in [4.78, 5) is 29.9. The van der Waals surface area contributed by atoms with Gasteiger partial charge in [-0.15, -0.1) is 0 Å². The van der Waals surface area contributed by atoms with Crippen molar-refractivity contribution in [3.05, 3.63) is 59.3 Å². The Morgan fingerprint density at radius 1 is 0.970 bits per heavy atom. The Balaban J connectivity index is 1.41. The van der Waals surface area contributed by atoms with E-state index in [9.17, 15) is 9.59 Å². The maximum Gasteiger partial charge on any atom is 0.339 e. The number of esters is 1. The number of nitrogens with one attached hydrogen (secondary N) is 1. The van der Waals surface area contributed by atoms with Crippen LogP contribution >= 0.6 is 0 Å². The van der Waals surface area contributed by atoms with Gasteiger partial charge in [0.2, 0.25) is 0 Å². The Morgan fingerprint density at radius 2 is 1.67 bits per heavy atom. The summed E-state index contributed by atoms with van der Waals surface area (Å²) >= 11 is 0. The van der Waals surface area contributed by atoms with Crippen molar-refractivity contribution in [2.45, 2.75) is 25.3 Å². The number of carbonyl (C=O) groups excluding carboxylic acids is 2. The standard InChI is InChI=1S/C25H26N2O6/c1-30-21-12-23(32-3)22(31-2)10-16(21)13-26-24(28)14-33-25(29)18-11-20(15-8-9-15)27-19-7-5-4-6-17(18)19/h4-7,10-12,15H,8-9,13-14H2,1-3H3,(H,26,28). The molecule has 172 valence electrons. The summed E-state index contributed by atoms with van der Waals surface area (Å²) in [6.07, 6.45) is 2.14. The molecule has 0 saturated heterocycles. The van der Waals surface area contributed by atoms with Gasteiger partial charge in [-0.1, -0.05) is 18.2 Å². The van der Waals surface area contributed by atoms with Crippen LogP contribution in [0.25, 0.3) is 10.9 Å². The Morgan fingerprint density at radius 3 is 2.36 bits per heavy atom. The third kappa shape index (κ3) is 5.00. The lowest BCUT2D eigenvalue weighted by Gasteiger charge is -2.14. The van der Waals surface area contributed by atoms with Crippen LogP contribution in [0, 0.1) is 0 Å². The molecule has 8 nitrogen and oxygen atoms in total. The number of benzene rings is 2. The van der Waals surface area contributed by atoms with Gasteiger partial charge in [-0.05, 0) is 31.0 Å². The Bertz CT molecular complexity index is 1190. The number of methoxy groups -OCH3 is 3. The van der Waals surface area contributed by atoms with Crippen molar-refractivity contribution in [2.75, 3.05) is 27.9 Å². The van der Waals surface area contributed by atoms with Gasteiger partial charge in [-0.3, -0.25) is 9.78 Å². The molecule has 3 aromatic rings. The summed E-state index contributed by atoms with van der Waals surface area (Å²) in [6, 6.07) is 12.6. The molecule has 2 aromatic carbocycles. The van der Waals surface area contributed by atoms with E-state index in [0.717, 1.165) is 24.1 Å². The minimum atomic E-state index is -0.547. The predicted octanol–water partition coefficient (Wildman–Crippen LogP) is 3.61. The minimum Gasteiger partial charge on any atom is -0.496 e. The summed E-state index contributed by atoms with van der Waals surface area (Å²) in [5, 5.41) is 3.45. The second-order valence-electron chi connectivity index (χ2n) is 7.76. The predicted molar refractivity (Wildman–Crippen MR) is 122 cm³/mol. The maximum atomic E-state index is 12.8. The molecule has 1 aromatic heterocycles. The zero-order valence-corrected chi connectivity index (χ0v) is 18.8. The van der Waals surface area contributed by atoms with E-state index < -0.39 is 18.5 Å². The van der Waals surface area contributed by atoms with E-state index in [1.54, 1.807) is 18.2 Å². The van der Waals surface area contributed by atoms with Gasteiger partial charge >= 0.3 is 5.97 Å². The highest BCUT2D eigenvalue weighted by Gasteiger charge is 2.27. The number of amides is 1. The van der Waals surface area contributed by atoms with Crippen LogP contribution in [0.3, 0.4) is 0 Å². The average molecular weight is 450 g/mol. The summed E-state index contributed by atoms with van der Waals surface area (Å²) in [5.74, 6) is 0.996. The van der Waals surface area contributed by atoms with Gasteiger partial charge in [-0.25, -0.2) is 4.79 Å². The van der Waals surface area contributed by atoms with E-state index in [0.29, 0.717) is 39.7 Å². The first-order valence-corrected chi connectivity index (χ1v) is 10.7. The average Bonchev–Trinajstić information content (AvgIpc) is 3.70. The van der Waals surface area contributed by atoms with Crippen molar-refractivity contribution >= 4 is 22.8 Å². The van der Waals surface area contributed by atoms with Crippen LogP contribution < -0.4 is 19.5 Å². The van der Waals surface area contributed by atoms with Gasteiger partial charge in [0.15, 0.2) is 18.1 Å². The van der Waals surface area contributed by atoms with Gasteiger partial charge in [0, 0.05) is 35.2 Å². The molecule has 8 heteroatoms. The molecule has 0 bridgehead atoms. The van der Waals surface area contributed by atoms with E-state index in [2.05, 4.69) is 10.3 Å². The fraction of sp³-hybridized carbons (Fsp3) is 0.320. The van der Waals surface area contributed by atoms with Crippen LogP contribution in [0.15, 0.2) is 42.5 Å². The van der Waals surface area contributed by atoms with Crippen molar-refractivity contribution in [3.63, 3.8) is 0 Å². The highest BCUT2D eigenvalue weighted by molar-refractivity contribution is 6.04. The highest BCUT2D eigenvalue weighted by atomic mass is 16.5. The molecule has 4 rings (SSSR count). The number of aromatic nitrogens is 1. The van der Waals surface area contributed by atoms with Crippen molar-refractivity contribution in [3.8, 4) is 17.2 Å². The molecule has 0 aliphatic heterocycles. The number of hydrogen-bond acceptors (Lipinski definition) is 7. The molecule has 1 aliphatic carbocycles. The summed E-state index contributed by atoms with van der Waals surface area (Å²) < 4.78 is 21.3. The first kappa shape index (κ1) is 22.4. The van der Waals surface area contributed by atoms with Crippen LogP contribution in [0.1, 0.15) is 40.4 Å². The van der Waals surface area contributed by atoms with Crippen molar-refractivity contribution in [2.24, 2.45) is 0 Å². The zero-order chi connectivity index (χ0) is 23.4. The molecule has 1 saturated carbocycles. The maximum absolute atomic E-state index is 12.8. The summed E-state index contributed by atoms with van der Waals surface area (Å²) in [5.41, 5.74) is 2.77. The quantitative estimate of drug-likeness (QED) is 0.498. The first-order chi connectivity index (χ1) is 16.0. The van der Waals surface area contributed by atoms with Gasteiger partial charge in [-0.2, -0.15) is 0 Å². The number of pyridine rings is 1. The lowest BCUT2D eigenvalue weighted by molar-refractivity contribution is -0.124. The normalized spacial score (nSPS) is 12.8. The van der Waals surface area contributed by atoms with E-state index in [1.807, 2.05) is 24.3 Å². The second-order valence-corrected chi connectivity index (χ2v) is 7.76. The molecule has 0 atom stereocenters. The fourth-order valence-electron chi connectivity index (χ4n) is 3.64. The lowest BCUT2D eigenvalue weighted by atomic mass is 10.1. The molecule has 1 N–H and O–H groups in total. The second kappa shape index (κ2) is 9.77. The zero-order valence-electron chi connectivity index (χ0n) is 18.8. The molecule has 1 fully saturated rings. The SMILES string of the molecule is COc1cc(OC)c(OC)cc1CNC(=O)COC(=O)c1cc(C2CC2)nc2ccccc12. The fourth-order valence-corrected chi connectivity index (χ4v) is 3.64. The van der Waals surface area contributed by atoms with E-state index in [1.165, 1.54) is 21.3 Å². The van der Waals surface area contributed by atoms with Crippen LogP contribution in [0.2, 0.25) is 0 Å². The van der Waals surface area contributed by atoms with Crippen LogP contribution in [-0.2, 0) is 16.1 Å². The van der Waals surface area contributed by atoms with E-state index in [-0.39, 0.29) is 6.54 Å². The molecular formula is C25H26N2O6. The molecular weight excluding hydrogens is 424 g/mol. The molecule has 0 radical (unpaired) electrons. The number of rotatable bonds is 9. The number of nitrogens with zero attached hydrogens (tertiary/aromatic N) is 1. The van der Waals surface area contributed by atoms with E-state index >= 15 is 0 Å². The van der Waals surface area contributed by atoms with Gasteiger partial charge in [0.1, 0.15) is 5.75 Å². The van der Waals surface area contributed by atoms with Crippen molar-refractivity contribution in [1.29, 1.82) is 0 Å². The Labute approximate surface area is 191 Å². The van der Waals surface area contributed by atoms with Crippen LogP contribution in [-0.4, -0.2) is 44.8 Å². The Kier molecular flexibility index (Phi) is 6.63. The number of hydrogen-bond donors (Lipinski definition) is 1. The molecule has 0 unspecified atom stereocenters. The molecule has 0 spiro atoms. The van der Waals surface area contributed by atoms with Crippen molar-refractivity contribution < 1.29 is 28.5 Å². The van der Waals surface area contributed by atoms with Crippen LogP contribution in [0.4, 0.5) is 0 Å². The first-order valence-electron chi connectivity index (χ1n) is 10.7. The van der Waals surface area contributed by atoms with E-state index in [4.69, 9.17) is 18.9 Å². The molecule has 1 amide bonds. The van der Waals surface area contributed by atoms with Gasteiger partial charge < -0.3 is 24.3 Å². The topological polar surface area (TPSA) is 96.0 Å².